The summed E-state index contributed by atoms with van der Waals surface area (Å²) in [5.41, 5.74) is 2.43. The van der Waals surface area contributed by atoms with Crippen LogP contribution in [0, 0.1) is 0 Å². The molecule has 0 aliphatic carbocycles. The molecule has 4 rings (SSSR count). The topological polar surface area (TPSA) is 70.5 Å². The molecule has 0 bridgehead atoms. The molecule has 3 aromatic rings. The van der Waals surface area contributed by atoms with Crippen LogP contribution in [0.1, 0.15) is 6.42 Å². The Hall–Kier alpha value is -2.87. The number of amides is 1. The number of nitrogens with one attached hydrogen (secondary N) is 1. The Labute approximate surface area is 208 Å². The second-order valence-corrected chi connectivity index (χ2v) is 9.07. The van der Waals surface area contributed by atoms with E-state index in [0.29, 0.717) is 17.3 Å². The maximum Gasteiger partial charge on any atom is 0.266 e. The van der Waals surface area contributed by atoms with Crippen molar-refractivity contribution in [3.63, 3.8) is 0 Å². The van der Waals surface area contributed by atoms with Gasteiger partial charge in [-0.2, -0.15) is 5.10 Å². The molecule has 34 heavy (non-hydrogen) atoms. The lowest BCUT2D eigenvalue weighted by atomic mass is 10.1. The molecule has 1 saturated heterocycles. The predicted molar refractivity (Wildman–Crippen MR) is 137 cm³/mol. The van der Waals surface area contributed by atoms with Crippen LogP contribution in [0.5, 0.6) is 0 Å². The van der Waals surface area contributed by atoms with Gasteiger partial charge in [-0.25, -0.2) is 4.68 Å². The summed E-state index contributed by atoms with van der Waals surface area (Å²) in [6.45, 7) is 5.30. The second kappa shape index (κ2) is 11.5. The van der Waals surface area contributed by atoms with Crippen molar-refractivity contribution in [1.29, 1.82) is 0 Å². The fourth-order valence-corrected chi connectivity index (χ4v) is 4.25. The molecule has 0 radical (unpaired) electrons. The van der Waals surface area contributed by atoms with Gasteiger partial charge in [-0.3, -0.25) is 14.5 Å². The number of hydrogen-bond acceptors (Lipinski definition) is 5. The largest absolute Gasteiger partial charge is 0.369 e. The van der Waals surface area contributed by atoms with E-state index < -0.39 is 0 Å². The Balaban J connectivity index is 1.20. The van der Waals surface area contributed by atoms with Crippen molar-refractivity contribution in [2.75, 3.05) is 44.2 Å². The first-order chi connectivity index (χ1) is 16.5. The minimum absolute atomic E-state index is 0.0943. The smallest absolute Gasteiger partial charge is 0.266 e. The van der Waals surface area contributed by atoms with Gasteiger partial charge in [-0.1, -0.05) is 41.4 Å². The molecular weight excluding hydrogens is 473 g/mol. The standard InChI is InChI=1S/C25H27Cl2N5O2/c26-20-6-4-19(5-7-20)23-8-9-25(34)32(29-23)12-10-24(33)28-11-13-30-14-16-31(17-15-30)22-3-1-2-21(27)18-22/h1-9,18H,10-17H2,(H,28,33). The first kappa shape index (κ1) is 24.3. The fourth-order valence-electron chi connectivity index (χ4n) is 3.94. The lowest BCUT2D eigenvalue weighted by Crippen LogP contribution is -2.48. The highest BCUT2D eigenvalue weighted by molar-refractivity contribution is 6.31. The molecule has 1 aliphatic rings. The van der Waals surface area contributed by atoms with Gasteiger partial charge in [0.05, 0.1) is 12.2 Å². The Kier molecular flexibility index (Phi) is 8.21. The molecule has 2 heterocycles. The van der Waals surface area contributed by atoms with E-state index in [-0.39, 0.29) is 24.4 Å². The summed E-state index contributed by atoms with van der Waals surface area (Å²) >= 11 is 12.0. The third-order valence-electron chi connectivity index (χ3n) is 5.85. The number of piperazine rings is 1. The van der Waals surface area contributed by atoms with E-state index in [1.165, 1.54) is 10.7 Å². The predicted octanol–water partition coefficient (Wildman–Crippen LogP) is 3.55. The molecule has 7 nitrogen and oxygen atoms in total. The summed E-state index contributed by atoms with van der Waals surface area (Å²) in [6.07, 6.45) is 0.194. The first-order valence-electron chi connectivity index (χ1n) is 11.3. The fraction of sp³-hybridized carbons (Fsp3) is 0.320. The van der Waals surface area contributed by atoms with Gasteiger partial charge < -0.3 is 10.2 Å². The van der Waals surface area contributed by atoms with E-state index in [0.717, 1.165) is 49.0 Å². The number of carbonyl (C=O) groups is 1. The maximum atomic E-state index is 12.3. The number of halogens is 2. The van der Waals surface area contributed by atoms with E-state index in [9.17, 15) is 9.59 Å². The second-order valence-electron chi connectivity index (χ2n) is 8.20. The van der Waals surface area contributed by atoms with E-state index in [4.69, 9.17) is 23.2 Å². The number of aryl methyl sites for hydroxylation is 1. The van der Waals surface area contributed by atoms with Crippen molar-refractivity contribution < 1.29 is 4.79 Å². The minimum Gasteiger partial charge on any atom is -0.369 e. The van der Waals surface area contributed by atoms with Crippen LogP contribution in [0.15, 0.2) is 65.5 Å². The maximum absolute atomic E-state index is 12.3. The molecule has 0 saturated carbocycles. The number of anilines is 1. The molecule has 178 valence electrons. The lowest BCUT2D eigenvalue weighted by Gasteiger charge is -2.36. The summed E-state index contributed by atoms with van der Waals surface area (Å²) in [6, 6.07) is 18.3. The number of hydrogen-bond donors (Lipinski definition) is 1. The number of aromatic nitrogens is 2. The molecule has 1 aromatic heterocycles. The molecule has 1 aliphatic heterocycles. The number of benzene rings is 2. The van der Waals surface area contributed by atoms with Crippen LogP contribution in [-0.4, -0.2) is 59.9 Å². The van der Waals surface area contributed by atoms with Gasteiger partial charge in [-0.05, 0) is 36.4 Å². The highest BCUT2D eigenvalue weighted by atomic mass is 35.5. The zero-order chi connectivity index (χ0) is 23.9. The van der Waals surface area contributed by atoms with Gasteiger partial charge in [0.25, 0.3) is 5.56 Å². The van der Waals surface area contributed by atoms with Crippen LogP contribution in [-0.2, 0) is 11.3 Å². The Morgan fingerprint density at radius 1 is 0.912 bits per heavy atom. The summed E-state index contributed by atoms with van der Waals surface area (Å²) < 4.78 is 1.33. The quantitative estimate of drug-likeness (QED) is 0.513. The Bertz CT molecular complexity index is 1170. The highest BCUT2D eigenvalue weighted by Crippen LogP contribution is 2.21. The van der Waals surface area contributed by atoms with Crippen molar-refractivity contribution in [2.45, 2.75) is 13.0 Å². The summed E-state index contributed by atoms with van der Waals surface area (Å²) in [7, 11) is 0. The van der Waals surface area contributed by atoms with Gasteiger partial charge >= 0.3 is 0 Å². The van der Waals surface area contributed by atoms with Crippen molar-refractivity contribution in [3.8, 4) is 11.3 Å². The van der Waals surface area contributed by atoms with Gasteiger partial charge in [0.2, 0.25) is 5.91 Å². The molecule has 1 fully saturated rings. The van der Waals surface area contributed by atoms with Crippen molar-refractivity contribution >= 4 is 34.8 Å². The molecule has 2 aromatic carbocycles. The average Bonchev–Trinajstić information content (AvgIpc) is 2.84. The highest BCUT2D eigenvalue weighted by Gasteiger charge is 2.17. The third kappa shape index (κ3) is 6.59. The van der Waals surface area contributed by atoms with Crippen LogP contribution < -0.4 is 15.8 Å². The third-order valence-corrected chi connectivity index (χ3v) is 6.34. The number of rotatable bonds is 8. The van der Waals surface area contributed by atoms with E-state index >= 15 is 0 Å². The van der Waals surface area contributed by atoms with Crippen LogP contribution in [0.4, 0.5) is 5.69 Å². The molecule has 9 heteroatoms. The summed E-state index contributed by atoms with van der Waals surface area (Å²) in [5, 5.41) is 8.73. The van der Waals surface area contributed by atoms with Crippen molar-refractivity contribution in [3.05, 3.63) is 81.1 Å². The summed E-state index contributed by atoms with van der Waals surface area (Å²) in [4.78, 5) is 29.1. The Morgan fingerprint density at radius 2 is 1.68 bits per heavy atom. The first-order valence-corrected chi connectivity index (χ1v) is 12.1. The summed E-state index contributed by atoms with van der Waals surface area (Å²) in [5.74, 6) is -0.0943. The van der Waals surface area contributed by atoms with Gasteiger partial charge in [0.15, 0.2) is 0 Å². The number of nitrogens with zero attached hydrogens (tertiary/aromatic N) is 4. The van der Waals surface area contributed by atoms with E-state index in [1.54, 1.807) is 18.2 Å². The molecular formula is C25H27Cl2N5O2. The van der Waals surface area contributed by atoms with Crippen LogP contribution >= 0.6 is 23.2 Å². The van der Waals surface area contributed by atoms with E-state index in [1.807, 2.05) is 30.3 Å². The molecule has 0 spiro atoms. The van der Waals surface area contributed by atoms with Crippen LogP contribution in [0.25, 0.3) is 11.3 Å². The minimum atomic E-state index is -0.233. The monoisotopic (exact) mass is 499 g/mol. The lowest BCUT2D eigenvalue weighted by molar-refractivity contribution is -0.121. The van der Waals surface area contributed by atoms with Crippen molar-refractivity contribution in [2.24, 2.45) is 0 Å². The zero-order valence-electron chi connectivity index (χ0n) is 18.8. The van der Waals surface area contributed by atoms with Gasteiger partial charge in [0, 0.05) is 73.1 Å². The van der Waals surface area contributed by atoms with Crippen LogP contribution in [0.3, 0.4) is 0 Å². The molecule has 1 N–H and O–H groups in total. The normalized spacial score (nSPS) is 14.2. The van der Waals surface area contributed by atoms with Gasteiger partial charge in [0.1, 0.15) is 0 Å². The zero-order valence-corrected chi connectivity index (χ0v) is 20.3. The van der Waals surface area contributed by atoms with E-state index in [2.05, 4.69) is 26.3 Å². The molecule has 1 amide bonds. The molecule has 0 atom stereocenters. The number of carbonyl (C=O) groups excluding carboxylic acids is 1. The van der Waals surface area contributed by atoms with Gasteiger partial charge in [-0.15, -0.1) is 0 Å². The van der Waals surface area contributed by atoms with Crippen molar-refractivity contribution in [1.82, 2.24) is 20.0 Å². The SMILES string of the molecule is O=C(CCn1nc(-c2ccc(Cl)cc2)ccc1=O)NCCN1CCN(c2cccc(Cl)c2)CC1. The average molecular weight is 500 g/mol. The molecule has 0 unspecified atom stereocenters. The Morgan fingerprint density at radius 3 is 2.41 bits per heavy atom. The van der Waals surface area contributed by atoms with Crippen LogP contribution in [0.2, 0.25) is 10.0 Å².